The van der Waals surface area contributed by atoms with Crippen molar-refractivity contribution in [1.29, 1.82) is 0 Å². The van der Waals surface area contributed by atoms with E-state index < -0.39 is 0 Å². The fourth-order valence-corrected chi connectivity index (χ4v) is 0.881. The third-order valence-corrected chi connectivity index (χ3v) is 1.43. The van der Waals surface area contributed by atoms with Crippen molar-refractivity contribution >= 4 is 17.5 Å². The van der Waals surface area contributed by atoms with Crippen LogP contribution in [0.3, 0.4) is 0 Å². The average molecular weight is 176 g/mol. The van der Waals surface area contributed by atoms with Crippen LogP contribution in [-0.2, 0) is 0 Å². The largest absolute Gasteiger partial charge is 0.384 e. The third-order valence-electron chi connectivity index (χ3n) is 1.43. The monoisotopic (exact) mass is 176 g/mol. The summed E-state index contributed by atoms with van der Waals surface area (Å²) >= 11 is 0. The Kier molecular flexibility index (Phi) is 1.79. The first kappa shape index (κ1) is 7.53. The van der Waals surface area contributed by atoms with Crippen molar-refractivity contribution in [1.82, 2.24) is 20.2 Å². The molecule has 0 unspecified atom stereocenters. The maximum Gasteiger partial charge on any atom is 0.229 e. The van der Waals surface area contributed by atoms with Gasteiger partial charge in [0.2, 0.25) is 5.95 Å². The smallest absolute Gasteiger partial charge is 0.229 e. The maximum absolute atomic E-state index is 5.47. The fraction of sp³-hybridized carbons (Fsp3) is 0. The number of H-pyrrole nitrogens is 1. The van der Waals surface area contributed by atoms with Crippen molar-refractivity contribution in [3.63, 3.8) is 0 Å². The fourth-order valence-electron chi connectivity index (χ4n) is 0.881. The molecular weight excluding hydrogens is 168 g/mol. The molecule has 0 aromatic carbocycles. The van der Waals surface area contributed by atoms with Gasteiger partial charge >= 0.3 is 0 Å². The van der Waals surface area contributed by atoms with Crippen LogP contribution in [0.15, 0.2) is 24.7 Å². The number of hydrogen-bond acceptors (Lipinski definition) is 5. The number of nitrogens with one attached hydrogen (secondary N) is 2. The maximum atomic E-state index is 5.47. The molecule has 0 aliphatic carbocycles. The Morgan fingerprint density at radius 2 is 2.38 bits per heavy atom. The average Bonchev–Trinajstić information content (AvgIpc) is 2.57. The van der Waals surface area contributed by atoms with Crippen molar-refractivity contribution in [3.05, 3.63) is 24.7 Å². The molecule has 6 nitrogen and oxygen atoms in total. The summed E-state index contributed by atoms with van der Waals surface area (Å²) in [5.74, 6) is 0.891. The SMILES string of the molecule is Nc1ccnc(Nc2cn[nH]c2)n1. The number of hydrogen-bond donors (Lipinski definition) is 3. The summed E-state index contributed by atoms with van der Waals surface area (Å²) in [6.07, 6.45) is 4.92. The minimum Gasteiger partial charge on any atom is -0.384 e. The molecule has 0 saturated heterocycles. The van der Waals surface area contributed by atoms with Crippen LogP contribution in [0.2, 0.25) is 0 Å². The second kappa shape index (κ2) is 3.10. The van der Waals surface area contributed by atoms with Gasteiger partial charge in [0.1, 0.15) is 5.82 Å². The Hall–Kier alpha value is -2.11. The van der Waals surface area contributed by atoms with Gasteiger partial charge in [-0.25, -0.2) is 4.98 Å². The van der Waals surface area contributed by atoms with E-state index in [0.717, 1.165) is 5.69 Å². The highest BCUT2D eigenvalue weighted by Crippen LogP contribution is 2.09. The molecule has 66 valence electrons. The van der Waals surface area contributed by atoms with Gasteiger partial charge in [-0.1, -0.05) is 0 Å². The van der Waals surface area contributed by atoms with E-state index in [-0.39, 0.29) is 0 Å². The van der Waals surface area contributed by atoms with Gasteiger partial charge in [0.05, 0.1) is 11.9 Å². The number of aromatic amines is 1. The van der Waals surface area contributed by atoms with Gasteiger partial charge in [-0.3, -0.25) is 5.10 Å². The van der Waals surface area contributed by atoms with Crippen LogP contribution >= 0.6 is 0 Å². The lowest BCUT2D eigenvalue weighted by molar-refractivity contribution is 1.09. The molecule has 0 saturated carbocycles. The summed E-state index contributed by atoms with van der Waals surface area (Å²) in [4.78, 5) is 7.93. The van der Waals surface area contributed by atoms with Crippen molar-refractivity contribution in [2.75, 3.05) is 11.1 Å². The minimum absolute atomic E-state index is 0.431. The van der Waals surface area contributed by atoms with E-state index >= 15 is 0 Å². The predicted molar refractivity (Wildman–Crippen MR) is 48.3 cm³/mol. The quantitative estimate of drug-likeness (QED) is 0.620. The molecule has 2 aromatic rings. The van der Waals surface area contributed by atoms with Gasteiger partial charge in [-0.15, -0.1) is 0 Å². The van der Waals surface area contributed by atoms with Crippen molar-refractivity contribution < 1.29 is 0 Å². The summed E-state index contributed by atoms with van der Waals surface area (Å²) in [5.41, 5.74) is 6.27. The lowest BCUT2D eigenvalue weighted by Gasteiger charge is -2.00. The van der Waals surface area contributed by atoms with E-state index in [0.29, 0.717) is 11.8 Å². The molecule has 0 bridgehead atoms. The van der Waals surface area contributed by atoms with E-state index in [1.165, 1.54) is 0 Å². The zero-order valence-corrected chi connectivity index (χ0v) is 6.73. The lowest BCUT2D eigenvalue weighted by atomic mass is 10.5. The molecule has 0 atom stereocenters. The van der Waals surface area contributed by atoms with Crippen LogP contribution < -0.4 is 11.1 Å². The Bertz CT molecular complexity index is 382. The molecule has 2 aromatic heterocycles. The van der Waals surface area contributed by atoms with Gasteiger partial charge in [0.25, 0.3) is 0 Å². The number of rotatable bonds is 2. The Labute approximate surface area is 74.2 Å². The molecule has 13 heavy (non-hydrogen) atoms. The third kappa shape index (κ3) is 1.73. The second-order valence-electron chi connectivity index (χ2n) is 2.42. The molecule has 0 aliphatic rings. The van der Waals surface area contributed by atoms with Gasteiger partial charge < -0.3 is 11.1 Å². The van der Waals surface area contributed by atoms with E-state index in [9.17, 15) is 0 Å². The van der Waals surface area contributed by atoms with Crippen LogP contribution in [0.5, 0.6) is 0 Å². The standard InChI is InChI=1S/C7H8N6/c8-6-1-2-9-7(13-6)12-5-3-10-11-4-5/h1-4H,(H,10,11)(H3,8,9,12,13). The van der Waals surface area contributed by atoms with Crippen LogP contribution in [0, 0.1) is 0 Å². The van der Waals surface area contributed by atoms with Crippen molar-refractivity contribution in [2.45, 2.75) is 0 Å². The predicted octanol–water partition coefficient (Wildman–Crippen LogP) is 0.525. The number of nitrogens with zero attached hydrogens (tertiary/aromatic N) is 3. The number of nitrogens with two attached hydrogens (primary N) is 1. The summed E-state index contributed by atoms with van der Waals surface area (Å²) in [5, 5.41) is 9.36. The summed E-state index contributed by atoms with van der Waals surface area (Å²) in [6, 6.07) is 1.63. The molecule has 6 heteroatoms. The molecular formula is C7H8N6. The van der Waals surface area contributed by atoms with Crippen molar-refractivity contribution in [2.24, 2.45) is 0 Å². The van der Waals surface area contributed by atoms with Crippen LogP contribution in [0.1, 0.15) is 0 Å². The van der Waals surface area contributed by atoms with Gasteiger partial charge in [-0.05, 0) is 6.07 Å². The number of nitrogen functional groups attached to an aromatic ring is 1. The van der Waals surface area contributed by atoms with Crippen LogP contribution in [0.4, 0.5) is 17.5 Å². The summed E-state index contributed by atoms with van der Waals surface area (Å²) in [6.45, 7) is 0. The van der Waals surface area contributed by atoms with E-state index in [1.807, 2.05) is 0 Å². The van der Waals surface area contributed by atoms with Gasteiger partial charge in [-0.2, -0.15) is 10.1 Å². The van der Waals surface area contributed by atoms with E-state index in [2.05, 4.69) is 25.5 Å². The first-order valence-electron chi connectivity index (χ1n) is 3.69. The van der Waals surface area contributed by atoms with Gasteiger partial charge in [0, 0.05) is 12.4 Å². The van der Waals surface area contributed by atoms with Crippen LogP contribution in [0.25, 0.3) is 0 Å². The summed E-state index contributed by atoms with van der Waals surface area (Å²) < 4.78 is 0. The first-order valence-corrected chi connectivity index (χ1v) is 3.69. The first-order chi connectivity index (χ1) is 6.34. The highest BCUT2D eigenvalue weighted by Gasteiger charge is 1.97. The Morgan fingerprint density at radius 3 is 3.08 bits per heavy atom. The normalized spacial score (nSPS) is 9.85. The van der Waals surface area contributed by atoms with E-state index in [4.69, 9.17) is 5.73 Å². The number of aromatic nitrogens is 4. The molecule has 2 heterocycles. The zero-order valence-electron chi connectivity index (χ0n) is 6.73. The molecule has 4 N–H and O–H groups in total. The molecule has 0 spiro atoms. The summed E-state index contributed by atoms with van der Waals surface area (Å²) in [7, 11) is 0. The highest BCUT2D eigenvalue weighted by atomic mass is 15.2. The molecule has 0 amide bonds. The minimum atomic E-state index is 0.431. The Morgan fingerprint density at radius 1 is 1.46 bits per heavy atom. The van der Waals surface area contributed by atoms with E-state index in [1.54, 1.807) is 24.7 Å². The lowest BCUT2D eigenvalue weighted by Crippen LogP contribution is -1.98. The zero-order chi connectivity index (χ0) is 9.10. The van der Waals surface area contributed by atoms with Crippen LogP contribution in [-0.4, -0.2) is 20.2 Å². The van der Waals surface area contributed by atoms with Crippen molar-refractivity contribution in [3.8, 4) is 0 Å². The molecule has 0 aliphatic heterocycles. The molecule has 2 rings (SSSR count). The molecule has 0 fully saturated rings. The second-order valence-corrected chi connectivity index (χ2v) is 2.42. The highest BCUT2D eigenvalue weighted by molar-refractivity contribution is 5.51. The Balaban J connectivity index is 2.19. The topological polar surface area (TPSA) is 92.5 Å². The number of anilines is 3. The van der Waals surface area contributed by atoms with Gasteiger partial charge in [0.15, 0.2) is 0 Å². The molecule has 0 radical (unpaired) electrons.